The molecule has 0 radical (unpaired) electrons. The molecule has 1 amide bonds. The van der Waals surface area contributed by atoms with Crippen molar-refractivity contribution >= 4 is 22.5 Å². The molecule has 0 aliphatic rings. The van der Waals surface area contributed by atoms with Gasteiger partial charge >= 0.3 is 0 Å². The standard InChI is InChI=1S/C22H15FN6O/c23-20(16-7-8-17-15(12-16)2-1-11-25-17)22-27-26-19-10-9-18(28-29(19)22)13-3-5-14(6-4-13)21(24)30/h1-12,20H,(H2,24,30). The highest BCUT2D eigenvalue weighted by molar-refractivity contribution is 5.93. The van der Waals surface area contributed by atoms with Crippen LogP contribution < -0.4 is 5.73 Å². The first-order chi connectivity index (χ1) is 14.6. The van der Waals surface area contributed by atoms with Crippen LogP contribution in [-0.2, 0) is 0 Å². The molecule has 5 rings (SSSR count). The van der Waals surface area contributed by atoms with Crippen molar-refractivity contribution in [1.29, 1.82) is 0 Å². The summed E-state index contributed by atoms with van der Waals surface area (Å²) < 4.78 is 16.8. The average Bonchev–Trinajstić information content (AvgIpc) is 3.21. The molecular formula is C22H15FN6O. The van der Waals surface area contributed by atoms with Crippen molar-refractivity contribution in [2.75, 3.05) is 0 Å². The van der Waals surface area contributed by atoms with Gasteiger partial charge in [0.1, 0.15) is 0 Å². The van der Waals surface area contributed by atoms with Crippen molar-refractivity contribution in [3.8, 4) is 11.3 Å². The molecule has 30 heavy (non-hydrogen) atoms. The predicted octanol–water partition coefficient (Wildman–Crippen LogP) is 3.50. The van der Waals surface area contributed by atoms with Crippen LogP contribution in [-0.4, -0.2) is 30.7 Å². The molecule has 0 fully saturated rings. The molecular weight excluding hydrogens is 383 g/mol. The first-order valence-electron chi connectivity index (χ1n) is 9.21. The van der Waals surface area contributed by atoms with Gasteiger partial charge in [-0.3, -0.25) is 9.78 Å². The number of carbonyl (C=O) groups excluding carboxylic acids is 1. The summed E-state index contributed by atoms with van der Waals surface area (Å²) in [6.07, 6.45) is 0.187. The van der Waals surface area contributed by atoms with E-state index >= 15 is 4.39 Å². The van der Waals surface area contributed by atoms with Gasteiger partial charge in [-0.05, 0) is 48.0 Å². The van der Waals surface area contributed by atoms with Crippen LogP contribution in [0.1, 0.15) is 27.9 Å². The van der Waals surface area contributed by atoms with Crippen molar-refractivity contribution in [1.82, 2.24) is 24.8 Å². The molecule has 2 aromatic carbocycles. The Morgan fingerprint density at radius 3 is 2.63 bits per heavy atom. The molecule has 5 aromatic rings. The number of amides is 1. The van der Waals surface area contributed by atoms with E-state index in [2.05, 4.69) is 20.3 Å². The van der Waals surface area contributed by atoms with E-state index in [0.29, 0.717) is 22.5 Å². The van der Waals surface area contributed by atoms with E-state index in [4.69, 9.17) is 5.73 Å². The van der Waals surface area contributed by atoms with Gasteiger partial charge in [0.2, 0.25) is 5.91 Å². The number of hydrogen-bond acceptors (Lipinski definition) is 5. The summed E-state index contributed by atoms with van der Waals surface area (Å²) in [6, 6.07) is 19.1. The highest BCUT2D eigenvalue weighted by Gasteiger charge is 2.21. The molecule has 0 aliphatic carbocycles. The molecule has 146 valence electrons. The van der Waals surface area contributed by atoms with E-state index in [-0.39, 0.29) is 5.82 Å². The smallest absolute Gasteiger partial charge is 0.248 e. The van der Waals surface area contributed by atoms with Crippen LogP contribution >= 0.6 is 0 Å². The monoisotopic (exact) mass is 398 g/mol. The summed E-state index contributed by atoms with van der Waals surface area (Å²) >= 11 is 0. The zero-order valence-electron chi connectivity index (χ0n) is 15.6. The quantitative estimate of drug-likeness (QED) is 0.500. The number of hydrogen-bond donors (Lipinski definition) is 1. The normalized spacial score (nSPS) is 12.3. The van der Waals surface area contributed by atoms with Gasteiger partial charge in [0, 0.05) is 22.7 Å². The number of carbonyl (C=O) groups is 1. The number of fused-ring (bicyclic) bond motifs is 2. The van der Waals surface area contributed by atoms with Gasteiger partial charge in [-0.2, -0.15) is 9.61 Å². The number of nitrogens with two attached hydrogens (primary N) is 1. The Balaban J connectivity index is 1.55. The second-order valence-corrected chi connectivity index (χ2v) is 6.81. The van der Waals surface area contributed by atoms with Gasteiger partial charge in [0.15, 0.2) is 17.6 Å². The Bertz CT molecular complexity index is 1400. The lowest BCUT2D eigenvalue weighted by molar-refractivity contribution is 0.100. The SMILES string of the molecule is NC(=O)c1ccc(-c2ccc3nnc(C(F)c4ccc5ncccc5c4)n3n2)cc1. The van der Waals surface area contributed by atoms with Crippen molar-refractivity contribution in [3.63, 3.8) is 0 Å². The van der Waals surface area contributed by atoms with Gasteiger partial charge in [0.05, 0.1) is 11.2 Å². The third-order valence-electron chi connectivity index (χ3n) is 4.90. The minimum absolute atomic E-state index is 0.0869. The second-order valence-electron chi connectivity index (χ2n) is 6.81. The van der Waals surface area contributed by atoms with E-state index in [1.165, 1.54) is 4.52 Å². The van der Waals surface area contributed by atoms with Crippen LogP contribution in [0.25, 0.3) is 27.8 Å². The Labute approximate surface area is 170 Å². The molecule has 7 nitrogen and oxygen atoms in total. The number of rotatable bonds is 4. The van der Waals surface area contributed by atoms with E-state index in [1.807, 2.05) is 12.1 Å². The maximum Gasteiger partial charge on any atom is 0.248 e. The molecule has 3 aromatic heterocycles. The molecule has 0 spiro atoms. The van der Waals surface area contributed by atoms with Crippen molar-refractivity contribution < 1.29 is 9.18 Å². The summed E-state index contributed by atoms with van der Waals surface area (Å²) in [5.74, 6) is -0.416. The summed E-state index contributed by atoms with van der Waals surface area (Å²) in [6.45, 7) is 0. The van der Waals surface area contributed by atoms with Crippen molar-refractivity contribution in [2.45, 2.75) is 6.17 Å². The zero-order valence-corrected chi connectivity index (χ0v) is 15.6. The Hall–Kier alpha value is -4.20. The lowest BCUT2D eigenvalue weighted by Crippen LogP contribution is -2.10. The van der Waals surface area contributed by atoms with Gasteiger partial charge in [0.25, 0.3) is 0 Å². The summed E-state index contributed by atoms with van der Waals surface area (Å²) in [7, 11) is 0. The minimum Gasteiger partial charge on any atom is -0.366 e. The largest absolute Gasteiger partial charge is 0.366 e. The molecule has 1 unspecified atom stereocenters. The fraction of sp³-hybridized carbons (Fsp3) is 0.0455. The topological polar surface area (TPSA) is 99.1 Å². The van der Waals surface area contributed by atoms with Gasteiger partial charge in [-0.25, -0.2) is 4.39 Å². The molecule has 2 N–H and O–H groups in total. The fourth-order valence-electron chi connectivity index (χ4n) is 3.32. The molecule has 0 saturated carbocycles. The van der Waals surface area contributed by atoms with E-state index in [1.54, 1.807) is 60.8 Å². The molecule has 1 atom stereocenters. The average molecular weight is 398 g/mol. The highest BCUT2D eigenvalue weighted by Crippen LogP contribution is 2.28. The number of halogens is 1. The fourth-order valence-corrected chi connectivity index (χ4v) is 3.32. The first kappa shape index (κ1) is 17.9. The maximum atomic E-state index is 15.4. The van der Waals surface area contributed by atoms with E-state index in [9.17, 15) is 4.79 Å². The Morgan fingerprint density at radius 2 is 1.83 bits per heavy atom. The number of nitrogens with zero attached hydrogens (tertiary/aromatic N) is 5. The number of aromatic nitrogens is 5. The number of alkyl halides is 1. The van der Waals surface area contributed by atoms with Gasteiger partial charge < -0.3 is 5.73 Å². The molecule has 0 aliphatic heterocycles. The van der Waals surface area contributed by atoms with E-state index < -0.39 is 12.1 Å². The lowest BCUT2D eigenvalue weighted by Gasteiger charge is -2.09. The van der Waals surface area contributed by atoms with Crippen molar-refractivity contribution in [3.05, 3.63) is 89.9 Å². The summed E-state index contributed by atoms with van der Waals surface area (Å²) in [5.41, 5.74) is 8.71. The van der Waals surface area contributed by atoms with E-state index in [0.717, 1.165) is 16.5 Å². The molecule has 0 bridgehead atoms. The summed E-state index contributed by atoms with van der Waals surface area (Å²) in [4.78, 5) is 15.5. The zero-order chi connectivity index (χ0) is 20.7. The molecule has 3 heterocycles. The van der Waals surface area contributed by atoms with Crippen LogP contribution in [0.3, 0.4) is 0 Å². The number of pyridine rings is 1. The number of primary amides is 1. The Morgan fingerprint density at radius 1 is 1.00 bits per heavy atom. The van der Waals surface area contributed by atoms with Crippen LogP contribution in [0.5, 0.6) is 0 Å². The van der Waals surface area contributed by atoms with Crippen LogP contribution in [0.2, 0.25) is 0 Å². The minimum atomic E-state index is -1.51. The van der Waals surface area contributed by atoms with Crippen LogP contribution in [0.15, 0.2) is 72.9 Å². The molecule has 8 heteroatoms. The highest BCUT2D eigenvalue weighted by atomic mass is 19.1. The summed E-state index contributed by atoms with van der Waals surface area (Å²) in [5, 5.41) is 13.4. The third-order valence-corrected chi connectivity index (χ3v) is 4.90. The molecule has 0 saturated heterocycles. The predicted molar refractivity (Wildman–Crippen MR) is 109 cm³/mol. The Kier molecular flexibility index (Phi) is 4.17. The number of benzene rings is 2. The van der Waals surface area contributed by atoms with Crippen LogP contribution in [0.4, 0.5) is 4.39 Å². The third kappa shape index (κ3) is 3.04. The van der Waals surface area contributed by atoms with Crippen LogP contribution in [0, 0.1) is 0 Å². The lowest BCUT2D eigenvalue weighted by atomic mass is 10.1. The van der Waals surface area contributed by atoms with Gasteiger partial charge in [-0.15, -0.1) is 10.2 Å². The van der Waals surface area contributed by atoms with Crippen molar-refractivity contribution in [2.24, 2.45) is 5.73 Å². The maximum absolute atomic E-state index is 15.4. The first-order valence-corrected chi connectivity index (χ1v) is 9.21. The second kappa shape index (κ2) is 7.00. The van der Waals surface area contributed by atoms with Gasteiger partial charge in [-0.1, -0.05) is 24.3 Å².